The van der Waals surface area contributed by atoms with Crippen LogP contribution in [0.4, 0.5) is 0 Å². The molecule has 1 unspecified atom stereocenters. The van der Waals surface area contributed by atoms with Gasteiger partial charge in [0.25, 0.3) is 0 Å². The first-order chi connectivity index (χ1) is 11.8. The average molecular weight is 329 g/mol. The smallest absolute Gasteiger partial charge is 0.223 e. The fraction of sp³-hybridized carbons (Fsp3) is 0.529. The van der Waals surface area contributed by atoms with E-state index in [2.05, 4.69) is 15.1 Å². The molecule has 1 aliphatic heterocycles. The van der Waals surface area contributed by atoms with Crippen molar-refractivity contribution < 1.29 is 9.53 Å². The van der Waals surface area contributed by atoms with E-state index in [-0.39, 0.29) is 11.9 Å². The summed E-state index contributed by atoms with van der Waals surface area (Å²) < 4.78 is 7.43. The van der Waals surface area contributed by atoms with Crippen LogP contribution in [0.3, 0.4) is 0 Å². The molecule has 3 rings (SSSR count). The summed E-state index contributed by atoms with van der Waals surface area (Å²) in [5.74, 6) is 0.203. The number of carbonyl (C=O) groups excluding carboxylic acids is 1. The summed E-state index contributed by atoms with van der Waals surface area (Å²) >= 11 is 0. The van der Waals surface area contributed by atoms with E-state index in [1.807, 2.05) is 21.8 Å². The lowest BCUT2D eigenvalue weighted by atomic mass is 10.1. The zero-order valence-corrected chi connectivity index (χ0v) is 13.8. The summed E-state index contributed by atoms with van der Waals surface area (Å²) in [6.45, 7) is 2.66. The largest absolute Gasteiger partial charge is 0.377 e. The van der Waals surface area contributed by atoms with Crippen LogP contribution < -0.4 is 0 Å². The van der Waals surface area contributed by atoms with E-state index in [4.69, 9.17) is 4.74 Å². The lowest BCUT2D eigenvalue weighted by Gasteiger charge is -2.35. The normalized spacial score (nSPS) is 17.8. The van der Waals surface area contributed by atoms with Crippen LogP contribution >= 0.6 is 0 Å². The molecule has 24 heavy (non-hydrogen) atoms. The zero-order chi connectivity index (χ0) is 16.6. The monoisotopic (exact) mass is 329 g/mol. The molecular weight excluding hydrogens is 306 g/mol. The first-order valence-electron chi connectivity index (χ1n) is 8.42. The number of nitrogens with zero attached hydrogens (tertiary/aromatic N) is 5. The van der Waals surface area contributed by atoms with Gasteiger partial charge in [0.05, 0.1) is 24.9 Å². The molecule has 0 saturated carbocycles. The second kappa shape index (κ2) is 8.54. The molecule has 0 bridgehead atoms. The van der Waals surface area contributed by atoms with Crippen molar-refractivity contribution in [3.05, 3.63) is 42.7 Å². The maximum atomic E-state index is 12.6. The van der Waals surface area contributed by atoms with Gasteiger partial charge in [-0.2, -0.15) is 5.10 Å². The number of ether oxygens (including phenoxy) is 1. The molecule has 2 aromatic rings. The van der Waals surface area contributed by atoms with Crippen LogP contribution in [-0.2, 0) is 22.5 Å². The number of aryl methyl sites for hydroxylation is 2. The van der Waals surface area contributed by atoms with Gasteiger partial charge in [-0.1, -0.05) is 0 Å². The first kappa shape index (κ1) is 16.6. The Morgan fingerprint density at radius 1 is 1.33 bits per heavy atom. The minimum absolute atomic E-state index is 0.123. The van der Waals surface area contributed by atoms with Gasteiger partial charge in [0, 0.05) is 50.5 Å². The van der Waals surface area contributed by atoms with E-state index in [0.717, 1.165) is 31.5 Å². The molecule has 1 amide bonds. The number of aromatic nitrogens is 4. The second-order valence-corrected chi connectivity index (χ2v) is 5.92. The molecule has 128 valence electrons. The number of hydrogen-bond acceptors (Lipinski definition) is 5. The summed E-state index contributed by atoms with van der Waals surface area (Å²) in [4.78, 5) is 22.9. The summed E-state index contributed by atoms with van der Waals surface area (Å²) in [6, 6.07) is 2.02. The number of morpholine rings is 1. The number of hydrogen-bond donors (Lipinski definition) is 0. The van der Waals surface area contributed by atoms with Gasteiger partial charge in [-0.05, 0) is 25.3 Å². The predicted octanol–water partition coefficient (Wildman–Crippen LogP) is 1.31. The molecule has 0 aromatic carbocycles. The highest BCUT2D eigenvalue weighted by molar-refractivity contribution is 5.76. The number of rotatable bonds is 7. The van der Waals surface area contributed by atoms with E-state index < -0.39 is 0 Å². The average Bonchev–Trinajstić information content (AvgIpc) is 3.14. The van der Waals surface area contributed by atoms with Gasteiger partial charge in [-0.3, -0.25) is 19.4 Å². The van der Waals surface area contributed by atoms with Crippen LogP contribution in [0.15, 0.2) is 37.1 Å². The highest BCUT2D eigenvalue weighted by Gasteiger charge is 2.26. The molecule has 7 nitrogen and oxygen atoms in total. The summed E-state index contributed by atoms with van der Waals surface area (Å²) in [6.07, 6.45) is 11.8. The van der Waals surface area contributed by atoms with Gasteiger partial charge in [0.2, 0.25) is 5.91 Å². The molecule has 0 spiro atoms. The van der Waals surface area contributed by atoms with Crippen LogP contribution in [0.2, 0.25) is 0 Å². The van der Waals surface area contributed by atoms with Crippen molar-refractivity contribution in [1.29, 1.82) is 0 Å². The highest BCUT2D eigenvalue weighted by atomic mass is 16.5. The lowest BCUT2D eigenvalue weighted by molar-refractivity contribution is -0.140. The van der Waals surface area contributed by atoms with Gasteiger partial charge < -0.3 is 9.64 Å². The molecule has 2 aromatic heterocycles. The Labute approximate surface area is 141 Å². The Morgan fingerprint density at radius 3 is 3.08 bits per heavy atom. The van der Waals surface area contributed by atoms with Crippen molar-refractivity contribution >= 4 is 5.91 Å². The molecule has 0 aliphatic carbocycles. The van der Waals surface area contributed by atoms with Crippen molar-refractivity contribution in [3.63, 3.8) is 0 Å². The third kappa shape index (κ3) is 4.61. The standard InChI is InChI=1S/C17H23N5O2/c23-17(3-1-9-21-10-2-6-20-21)22-11-12-24-14-16(22)5-4-15-13-18-7-8-19-15/h2,6-8,10,13,16H,1,3-5,9,11-12,14H2. The summed E-state index contributed by atoms with van der Waals surface area (Å²) in [5.41, 5.74) is 0.953. The van der Waals surface area contributed by atoms with Crippen molar-refractivity contribution in [2.24, 2.45) is 0 Å². The Hall–Kier alpha value is -2.28. The fourth-order valence-electron chi connectivity index (χ4n) is 2.96. The Bertz CT molecular complexity index is 617. The van der Waals surface area contributed by atoms with E-state index in [0.29, 0.717) is 26.2 Å². The molecule has 1 fully saturated rings. The summed E-state index contributed by atoms with van der Waals surface area (Å²) in [5, 5.41) is 4.16. The number of carbonyl (C=O) groups is 1. The van der Waals surface area contributed by atoms with Crippen LogP contribution in [0, 0.1) is 0 Å². The van der Waals surface area contributed by atoms with E-state index in [1.54, 1.807) is 24.8 Å². The third-order valence-corrected chi connectivity index (χ3v) is 4.24. The highest BCUT2D eigenvalue weighted by Crippen LogP contribution is 2.15. The quantitative estimate of drug-likeness (QED) is 0.766. The fourth-order valence-corrected chi connectivity index (χ4v) is 2.96. The Morgan fingerprint density at radius 2 is 2.29 bits per heavy atom. The SMILES string of the molecule is O=C(CCCn1cccn1)N1CCOCC1CCc1cnccn1. The van der Waals surface area contributed by atoms with Crippen LogP contribution in [-0.4, -0.2) is 56.4 Å². The van der Waals surface area contributed by atoms with Crippen molar-refractivity contribution in [3.8, 4) is 0 Å². The molecule has 1 aliphatic rings. The maximum absolute atomic E-state index is 12.6. The second-order valence-electron chi connectivity index (χ2n) is 5.92. The van der Waals surface area contributed by atoms with Crippen LogP contribution in [0.5, 0.6) is 0 Å². The predicted molar refractivity (Wildman–Crippen MR) is 88.1 cm³/mol. The zero-order valence-electron chi connectivity index (χ0n) is 13.8. The van der Waals surface area contributed by atoms with Gasteiger partial charge >= 0.3 is 0 Å². The van der Waals surface area contributed by atoms with E-state index >= 15 is 0 Å². The third-order valence-electron chi connectivity index (χ3n) is 4.24. The van der Waals surface area contributed by atoms with Gasteiger partial charge in [0.1, 0.15) is 0 Å². The van der Waals surface area contributed by atoms with E-state index in [9.17, 15) is 4.79 Å². The van der Waals surface area contributed by atoms with E-state index in [1.165, 1.54) is 0 Å². The van der Waals surface area contributed by atoms with Crippen molar-refractivity contribution in [2.75, 3.05) is 19.8 Å². The first-order valence-corrected chi connectivity index (χ1v) is 8.42. The Balaban J connectivity index is 1.48. The molecule has 0 radical (unpaired) electrons. The minimum Gasteiger partial charge on any atom is -0.377 e. The molecular formula is C17H23N5O2. The van der Waals surface area contributed by atoms with Gasteiger partial charge in [-0.25, -0.2) is 0 Å². The minimum atomic E-state index is 0.123. The van der Waals surface area contributed by atoms with Crippen LogP contribution in [0.1, 0.15) is 25.0 Å². The number of amides is 1. The maximum Gasteiger partial charge on any atom is 0.223 e. The molecule has 1 saturated heterocycles. The van der Waals surface area contributed by atoms with Crippen molar-refractivity contribution in [1.82, 2.24) is 24.6 Å². The Kier molecular flexibility index (Phi) is 5.90. The molecule has 1 atom stereocenters. The van der Waals surface area contributed by atoms with Crippen LogP contribution in [0.25, 0.3) is 0 Å². The molecule has 7 heteroatoms. The van der Waals surface area contributed by atoms with Gasteiger partial charge in [-0.15, -0.1) is 0 Å². The topological polar surface area (TPSA) is 73.1 Å². The van der Waals surface area contributed by atoms with Crippen molar-refractivity contribution in [2.45, 2.75) is 38.3 Å². The van der Waals surface area contributed by atoms with Gasteiger partial charge in [0.15, 0.2) is 0 Å². The summed E-state index contributed by atoms with van der Waals surface area (Å²) in [7, 11) is 0. The molecule has 3 heterocycles. The lowest BCUT2D eigenvalue weighted by Crippen LogP contribution is -2.48. The molecule has 0 N–H and O–H groups in total.